The normalized spacial score (nSPS) is 10.6. The van der Waals surface area contributed by atoms with Gasteiger partial charge in [-0.05, 0) is 24.3 Å². The van der Waals surface area contributed by atoms with Crippen LogP contribution >= 0.6 is 27.3 Å². The van der Waals surface area contributed by atoms with Crippen molar-refractivity contribution in [3.8, 4) is 21.8 Å². The average molecular weight is 331 g/mol. The molecule has 3 aromatic rings. The van der Waals surface area contributed by atoms with Crippen LogP contribution in [0.3, 0.4) is 0 Å². The molecule has 0 saturated carbocycles. The van der Waals surface area contributed by atoms with Crippen molar-refractivity contribution in [3.05, 3.63) is 58.4 Å². The number of benzene rings is 2. The molecule has 4 heteroatoms. The molecule has 0 aliphatic rings. The van der Waals surface area contributed by atoms with Crippen LogP contribution in [0, 0.1) is 0 Å². The van der Waals surface area contributed by atoms with Gasteiger partial charge in [0.2, 0.25) is 0 Å². The lowest BCUT2D eigenvalue weighted by Crippen LogP contribution is -1.88. The van der Waals surface area contributed by atoms with Crippen LogP contribution in [0.25, 0.3) is 21.8 Å². The number of nitrogen functional groups attached to an aromatic ring is 1. The summed E-state index contributed by atoms with van der Waals surface area (Å²) in [7, 11) is 0. The minimum Gasteiger partial charge on any atom is -0.398 e. The van der Waals surface area contributed by atoms with Gasteiger partial charge in [-0.15, -0.1) is 11.3 Å². The van der Waals surface area contributed by atoms with E-state index in [0.29, 0.717) is 0 Å². The Labute approximate surface area is 124 Å². The zero-order valence-corrected chi connectivity index (χ0v) is 12.4. The van der Waals surface area contributed by atoms with Gasteiger partial charge in [-0.2, -0.15) is 0 Å². The third kappa shape index (κ3) is 2.55. The molecule has 19 heavy (non-hydrogen) atoms. The standard InChI is InChI=1S/C15H11BrN2S/c16-11-7-5-10(6-8-11)14-9-19-15(18-14)12-3-1-2-4-13(12)17/h1-9H,17H2. The van der Waals surface area contributed by atoms with E-state index in [-0.39, 0.29) is 0 Å². The van der Waals surface area contributed by atoms with Crippen molar-refractivity contribution in [2.24, 2.45) is 0 Å². The minimum atomic E-state index is 0.763. The van der Waals surface area contributed by atoms with Gasteiger partial charge in [0.1, 0.15) is 5.01 Å². The Morgan fingerprint density at radius 1 is 1.00 bits per heavy atom. The van der Waals surface area contributed by atoms with Crippen LogP contribution < -0.4 is 5.73 Å². The SMILES string of the molecule is Nc1ccccc1-c1nc(-c2ccc(Br)cc2)cs1. The number of rotatable bonds is 2. The Morgan fingerprint density at radius 2 is 1.74 bits per heavy atom. The van der Waals surface area contributed by atoms with Gasteiger partial charge >= 0.3 is 0 Å². The van der Waals surface area contributed by atoms with Crippen LogP contribution in [-0.2, 0) is 0 Å². The molecule has 0 fully saturated rings. The third-order valence-electron chi connectivity index (χ3n) is 2.84. The van der Waals surface area contributed by atoms with Crippen molar-refractivity contribution in [2.45, 2.75) is 0 Å². The molecule has 0 radical (unpaired) electrons. The first-order chi connectivity index (χ1) is 9.24. The van der Waals surface area contributed by atoms with Crippen molar-refractivity contribution < 1.29 is 0 Å². The topological polar surface area (TPSA) is 38.9 Å². The lowest BCUT2D eigenvalue weighted by molar-refractivity contribution is 1.40. The van der Waals surface area contributed by atoms with Crippen LogP contribution in [0.2, 0.25) is 0 Å². The van der Waals surface area contributed by atoms with E-state index < -0.39 is 0 Å². The highest BCUT2D eigenvalue weighted by atomic mass is 79.9. The Balaban J connectivity index is 2.00. The molecule has 2 nitrogen and oxygen atoms in total. The first-order valence-electron chi connectivity index (χ1n) is 5.80. The number of thiazole rings is 1. The molecule has 1 aromatic heterocycles. The average Bonchev–Trinajstić information content (AvgIpc) is 2.89. The quantitative estimate of drug-likeness (QED) is 0.684. The van der Waals surface area contributed by atoms with Gasteiger partial charge in [0.15, 0.2) is 0 Å². The molecule has 0 aliphatic carbocycles. The van der Waals surface area contributed by atoms with Crippen molar-refractivity contribution in [3.63, 3.8) is 0 Å². The summed E-state index contributed by atoms with van der Waals surface area (Å²) in [5, 5.41) is 3.02. The van der Waals surface area contributed by atoms with E-state index in [0.717, 1.165) is 32.0 Å². The fraction of sp³-hybridized carbons (Fsp3) is 0. The zero-order valence-electron chi connectivity index (χ0n) is 10.0. The molecular weight excluding hydrogens is 320 g/mol. The molecule has 0 bridgehead atoms. The molecule has 3 rings (SSSR count). The Hall–Kier alpha value is -1.65. The summed E-state index contributed by atoms with van der Waals surface area (Å²) in [5.41, 5.74) is 9.83. The van der Waals surface area contributed by atoms with Crippen LogP contribution in [0.4, 0.5) is 5.69 Å². The molecule has 0 unspecified atom stereocenters. The van der Waals surface area contributed by atoms with Crippen LogP contribution in [0.5, 0.6) is 0 Å². The smallest absolute Gasteiger partial charge is 0.126 e. The first kappa shape index (κ1) is 12.4. The minimum absolute atomic E-state index is 0.763. The van der Waals surface area contributed by atoms with E-state index in [1.54, 1.807) is 11.3 Å². The number of hydrogen-bond acceptors (Lipinski definition) is 3. The number of anilines is 1. The Kier molecular flexibility index (Phi) is 3.36. The third-order valence-corrected chi connectivity index (χ3v) is 4.24. The van der Waals surface area contributed by atoms with E-state index in [9.17, 15) is 0 Å². The summed E-state index contributed by atoms with van der Waals surface area (Å²) in [6, 6.07) is 16.0. The van der Waals surface area contributed by atoms with Gasteiger partial charge in [0.25, 0.3) is 0 Å². The van der Waals surface area contributed by atoms with E-state index in [1.165, 1.54) is 0 Å². The predicted molar refractivity (Wildman–Crippen MR) is 85.1 cm³/mol. The summed E-state index contributed by atoms with van der Waals surface area (Å²) in [4.78, 5) is 4.66. The van der Waals surface area contributed by atoms with Crippen LogP contribution in [-0.4, -0.2) is 4.98 Å². The summed E-state index contributed by atoms with van der Waals surface area (Å²) in [6.45, 7) is 0. The molecular formula is C15H11BrN2S. The Bertz CT molecular complexity index is 704. The largest absolute Gasteiger partial charge is 0.398 e. The van der Waals surface area contributed by atoms with E-state index in [1.807, 2.05) is 36.4 Å². The number of nitrogens with zero attached hydrogens (tertiary/aromatic N) is 1. The molecule has 0 spiro atoms. The zero-order chi connectivity index (χ0) is 13.2. The van der Waals surface area contributed by atoms with E-state index >= 15 is 0 Å². The maximum Gasteiger partial charge on any atom is 0.126 e. The van der Waals surface area contributed by atoms with Crippen LogP contribution in [0.1, 0.15) is 0 Å². The van der Waals surface area contributed by atoms with Gasteiger partial charge < -0.3 is 5.73 Å². The van der Waals surface area contributed by atoms with Gasteiger partial charge in [0.05, 0.1) is 5.69 Å². The number of hydrogen-bond donors (Lipinski definition) is 1. The van der Waals surface area contributed by atoms with Gasteiger partial charge in [-0.25, -0.2) is 4.98 Å². The molecule has 0 aliphatic heterocycles. The maximum atomic E-state index is 5.98. The second kappa shape index (κ2) is 5.15. The van der Waals surface area contributed by atoms with E-state index in [4.69, 9.17) is 5.73 Å². The number of para-hydroxylation sites is 1. The molecule has 0 saturated heterocycles. The predicted octanol–water partition coefficient (Wildman–Crippen LogP) is 4.82. The molecule has 1 heterocycles. The lowest BCUT2D eigenvalue weighted by atomic mass is 10.1. The second-order valence-electron chi connectivity index (χ2n) is 4.13. The maximum absolute atomic E-state index is 5.98. The highest BCUT2D eigenvalue weighted by Gasteiger charge is 2.08. The van der Waals surface area contributed by atoms with Crippen molar-refractivity contribution >= 4 is 33.0 Å². The van der Waals surface area contributed by atoms with Crippen LogP contribution in [0.15, 0.2) is 58.4 Å². The summed E-state index contributed by atoms with van der Waals surface area (Å²) >= 11 is 5.05. The number of nitrogens with two attached hydrogens (primary N) is 1. The number of halogens is 1. The second-order valence-corrected chi connectivity index (χ2v) is 5.91. The fourth-order valence-electron chi connectivity index (χ4n) is 1.84. The van der Waals surface area contributed by atoms with Gasteiger partial charge in [-0.3, -0.25) is 0 Å². The van der Waals surface area contributed by atoms with Gasteiger partial charge in [-0.1, -0.05) is 40.2 Å². The molecule has 0 amide bonds. The molecule has 94 valence electrons. The summed E-state index contributed by atoms with van der Waals surface area (Å²) in [5.74, 6) is 0. The highest BCUT2D eigenvalue weighted by Crippen LogP contribution is 2.32. The van der Waals surface area contributed by atoms with Gasteiger partial charge in [0, 0.05) is 26.7 Å². The Morgan fingerprint density at radius 3 is 2.47 bits per heavy atom. The molecule has 2 aromatic carbocycles. The lowest BCUT2D eigenvalue weighted by Gasteiger charge is -2.00. The van der Waals surface area contributed by atoms with E-state index in [2.05, 4.69) is 38.4 Å². The summed E-state index contributed by atoms with van der Waals surface area (Å²) in [6.07, 6.45) is 0. The monoisotopic (exact) mass is 330 g/mol. The van der Waals surface area contributed by atoms with Crippen molar-refractivity contribution in [2.75, 3.05) is 5.73 Å². The fourth-order valence-corrected chi connectivity index (χ4v) is 2.98. The van der Waals surface area contributed by atoms with Crippen molar-refractivity contribution in [1.29, 1.82) is 0 Å². The number of aromatic nitrogens is 1. The highest BCUT2D eigenvalue weighted by molar-refractivity contribution is 9.10. The van der Waals surface area contributed by atoms with Crippen molar-refractivity contribution in [1.82, 2.24) is 4.98 Å². The molecule has 2 N–H and O–H groups in total. The first-order valence-corrected chi connectivity index (χ1v) is 7.47. The molecule has 0 atom stereocenters. The summed E-state index contributed by atoms with van der Waals surface area (Å²) < 4.78 is 1.07.